The van der Waals surface area contributed by atoms with E-state index in [0.717, 1.165) is 35.9 Å². The average molecular weight is 410 g/mol. The van der Waals surface area contributed by atoms with Crippen LogP contribution in [0, 0.1) is 17.3 Å². The molecule has 4 fully saturated rings. The van der Waals surface area contributed by atoms with E-state index in [1.807, 2.05) is 12.1 Å². The van der Waals surface area contributed by atoms with Crippen LogP contribution in [0.15, 0.2) is 33.6 Å². The van der Waals surface area contributed by atoms with Crippen LogP contribution in [0.4, 0.5) is 0 Å². The summed E-state index contributed by atoms with van der Waals surface area (Å²) in [6.07, 6.45) is 5.69. The first-order chi connectivity index (χ1) is 11.5. The molecule has 4 aliphatic carbocycles. The third kappa shape index (κ3) is 3.27. The predicted molar refractivity (Wildman–Crippen MR) is 99.9 cm³/mol. The Labute approximate surface area is 156 Å². The van der Waals surface area contributed by atoms with Gasteiger partial charge in [-0.1, -0.05) is 15.9 Å². The molecule has 0 heterocycles. The van der Waals surface area contributed by atoms with E-state index in [1.165, 1.54) is 11.3 Å². The molecule has 1 aromatic rings. The number of halogens is 1. The van der Waals surface area contributed by atoms with Gasteiger partial charge in [0.1, 0.15) is 0 Å². The Kier molecular flexibility index (Phi) is 4.46. The lowest BCUT2D eigenvalue weighted by Gasteiger charge is -2.59. The van der Waals surface area contributed by atoms with Crippen LogP contribution in [0.5, 0.6) is 0 Å². The van der Waals surface area contributed by atoms with Crippen molar-refractivity contribution in [1.29, 1.82) is 0 Å². The largest absolute Gasteiger partial charge is 0.390 e. The molecule has 2 N–H and O–H groups in total. The summed E-state index contributed by atoms with van der Waals surface area (Å²) >= 11 is 5.20. The number of benzene rings is 1. The lowest BCUT2D eigenvalue weighted by Crippen LogP contribution is -2.60. The molecule has 0 aromatic heterocycles. The van der Waals surface area contributed by atoms with Gasteiger partial charge >= 0.3 is 0 Å². The normalized spacial score (nSPS) is 36.8. The minimum atomic E-state index is -0.562. The summed E-state index contributed by atoms with van der Waals surface area (Å²) < 4.78 is 1.08. The highest BCUT2D eigenvalue weighted by Crippen LogP contribution is 2.61. The summed E-state index contributed by atoms with van der Waals surface area (Å²) in [6.45, 7) is 0.690. The van der Waals surface area contributed by atoms with E-state index >= 15 is 0 Å². The van der Waals surface area contributed by atoms with Gasteiger partial charge in [-0.2, -0.15) is 0 Å². The van der Waals surface area contributed by atoms with E-state index in [4.69, 9.17) is 0 Å². The second-order valence-corrected chi connectivity index (χ2v) is 10.1. The fraction of sp³-hybridized carbons (Fsp3) is 0.632. The molecule has 0 saturated heterocycles. The Morgan fingerprint density at radius 2 is 1.88 bits per heavy atom. The van der Waals surface area contributed by atoms with Gasteiger partial charge < -0.3 is 10.4 Å². The smallest absolute Gasteiger partial charge is 0.226 e. The monoisotopic (exact) mass is 409 g/mol. The van der Waals surface area contributed by atoms with Crippen molar-refractivity contribution in [3.05, 3.63) is 28.7 Å². The maximum absolute atomic E-state index is 12.9. The summed E-state index contributed by atoms with van der Waals surface area (Å²) in [6, 6.07) is 8.25. The number of thioether (sulfide) groups is 1. The Morgan fingerprint density at radius 1 is 1.21 bits per heavy atom. The highest BCUT2D eigenvalue weighted by molar-refractivity contribution is 9.10. The van der Waals surface area contributed by atoms with Gasteiger partial charge in [0.15, 0.2) is 0 Å². The van der Waals surface area contributed by atoms with Gasteiger partial charge in [0.05, 0.1) is 11.0 Å². The Bertz CT molecular complexity index is 619. The van der Waals surface area contributed by atoms with Crippen molar-refractivity contribution < 1.29 is 9.90 Å². The molecule has 130 valence electrons. The molecule has 2 unspecified atom stereocenters. The number of carbonyl (C=O) groups is 1. The SMILES string of the molecule is O=C(NCCSc1ccc(Br)cc1)C12C[C@@H]3C[C@@H](CC(O)(C3)C1)C2. The van der Waals surface area contributed by atoms with E-state index in [1.54, 1.807) is 11.8 Å². The van der Waals surface area contributed by atoms with E-state index in [2.05, 4.69) is 33.4 Å². The molecule has 4 bridgehead atoms. The Balaban J connectivity index is 1.31. The number of amides is 1. The number of hydrogen-bond acceptors (Lipinski definition) is 3. The van der Waals surface area contributed by atoms with Crippen molar-refractivity contribution in [2.24, 2.45) is 17.3 Å². The quantitative estimate of drug-likeness (QED) is 0.570. The molecule has 0 spiro atoms. The third-order valence-corrected chi connectivity index (χ3v) is 7.52. The van der Waals surface area contributed by atoms with E-state index < -0.39 is 5.60 Å². The fourth-order valence-electron chi connectivity index (χ4n) is 5.53. The minimum absolute atomic E-state index is 0.187. The van der Waals surface area contributed by atoms with Crippen molar-refractivity contribution in [2.45, 2.75) is 49.0 Å². The van der Waals surface area contributed by atoms with Gasteiger partial charge in [0.25, 0.3) is 0 Å². The van der Waals surface area contributed by atoms with Crippen LogP contribution in [0.3, 0.4) is 0 Å². The van der Waals surface area contributed by atoms with Gasteiger partial charge in [-0.3, -0.25) is 4.79 Å². The zero-order valence-electron chi connectivity index (χ0n) is 13.8. The molecule has 5 rings (SSSR count). The molecule has 0 radical (unpaired) electrons. The van der Waals surface area contributed by atoms with Gasteiger partial charge in [-0.15, -0.1) is 11.8 Å². The summed E-state index contributed by atoms with van der Waals surface area (Å²) in [4.78, 5) is 14.1. The molecule has 1 aromatic carbocycles. The molecule has 4 saturated carbocycles. The van der Waals surface area contributed by atoms with Crippen LogP contribution in [-0.2, 0) is 4.79 Å². The first-order valence-electron chi connectivity index (χ1n) is 8.86. The second kappa shape index (κ2) is 6.33. The summed E-state index contributed by atoms with van der Waals surface area (Å²) in [5.74, 6) is 2.17. The first-order valence-corrected chi connectivity index (χ1v) is 10.6. The van der Waals surface area contributed by atoms with Crippen LogP contribution in [0.2, 0.25) is 0 Å². The van der Waals surface area contributed by atoms with Crippen LogP contribution in [0.1, 0.15) is 38.5 Å². The number of hydrogen-bond donors (Lipinski definition) is 2. The molecule has 4 atom stereocenters. The van der Waals surface area contributed by atoms with E-state index in [0.29, 0.717) is 24.8 Å². The number of nitrogens with one attached hydrogen (secondary N) is 1. The van der Waals surface area contributed by atoms with Crippen LogP contribution < -0.4 is 5.32 Å². The zero-order valence-corrected chi connectivity index (χ0v) is 16.2. The lowest BCUT2D eigenvalue weighted by molar-refractivity contribution is -0.178. The minimum Gasteiger partial charge on any atom is -0.390 e. The topological polar surface area (TPSA) is 49.3 Å². The van der Waals surface area contributed by atoms with Gasteiger partial charge in [-0.05, 0) is 74.6 Å². The molecule has 24 heavy (non-hydrogen) atoms. The number of rotatable bonds is 5. The third-order valence-electron chi connectivity index (χ3n) is 5.98. The van der Waals surface area contributed by atoms with Crippen LogP contribution in [-0.4, -0.2) is 28.9 Å². The molecule has 1 amide bonds. The molecular weight excluding hydrogens is 386 g/mol. The Hall–Kier alpha value is -0.520. The zero-order chi connectivity index (χ0) is 16.8. The number of aliphatic hydroxyl groups is 1. The first kappa shape index (κ1) is 16.9. The predicted octanol–water partition coefficient (Wildman–Crippen LogP) is 3.99. The standard InChI is InChI=1S/C19H24BrNO2S/c20-15-1-3-16(4-2-15)24-6-5-21-17(22)18-8-13-7-14(9-18)11-19(23,10-13)12-18/h1-4,13-14,23H,5-12H2,(H,21,22)/t13-,14+,18?,19?. The van der Waals surface area contributed by atoms with Crippen molar-refractivity contribution in [3.63, 3.8) is 0 Å². The summed E-state index contributed by atoms with van der Waals surface area (Å²) in [5, 5.41) is 13.9. The highest BCUT2D eigenvalue weighted by Gasteiger charge is 2.59. The van der Waals surface area contributed by atoms with Gasteiger partial charge in [0.2, 0.25) is 5.91 Å². The van der Waals surface area contributed by atoms with Crippen molar-refractivity contribution in [3.8, 4) is 0 Å². The summed E-state index contributed by atoms with van der Waals surface area (Å²) in [7, 11) is 0. The van der Waals surface area contributed by atoms with Crippen molar-refractivity contribution >= 4 is 33.6 Å². The van der Waals surface area contributed by atoms with E-state index in [9.17, 15) is 9.90 Å². The van der Waals surface area contributed by atoms with Crippen molar-refractivity contribution in [1.82, 2.24) is 5.32 Å². The molecule has 5 heteroatoms. The highest BCUT2D eigenvalue weighted by atomic mass is 79.9. The van der Waals surface area contributed by atoms with E-state index in [-0.39, 0.29) is 11.3 Å². The maximum Gasteiger partial charge on any atom is 0.226 e. The van der Waals surface area contributed by atoms with Gasteiger partial charge in [0, 0.05) is 21.7 Å². The molecule has 0 aliphatic heterocycles. The maximum atomic E-state index is 12.9. The Morgan fingerprint density at radius 3 is 2.50 bits per heavy atom. The fourth-order valence-corrected chi connectivity index (χ4v) is 6.56. The second-order valence-electron chi connectivity index (χ2n) is 8.02. The average Bonchev–Trinajstić information content (AvgIpc) is 2.50. The molecule has 4 aliphatic rings. The molecule has 3 nitrogen and oxygen atoms in total. The summed E-state index contributed by atoms with van der Waals surface area (Å²) in [5.41, 5.74) is -0.852. The van der Waals surface area contributed by atoms with Crippen LogP contribution >= 0.6 is 27.7 Å². The lowest BCUT2D eigenvalue weighted by atomic mass is 9.47. The number of carbonyl (C=O) groups excluding carboxylic acids is 1. The van der Waals surface area contributed by atoms with Crippen molar-refractivity contribution in [2.75, 3.05) is 12.3 Å². The van der Waals surface area contributed by atoms with Crippen LogP contribution in [0.25, 0.3) is 0 Å². The van der Waals surface area contributed by atoms with Gasteiger partial charge in [-0.25, -0.2) is 0 Å². The molecular formula is C19H24BrNO2S.